The van der Waals surface area contributed by atoms with Gasteiger partial charge in [-0.3, -0.25) is 4.79 Å². The van der Waals surface area contributed by atoms with Gasteiger partial charge in [0.05, 0.1) is 18.8 Å². The summed E-state index contributed by atoms with van der Waals surface area (Å²) in [6, 6.07) is -0.982. The van der Waals surface area contributed by atoms with Gasteiger partial charge in [0, 0.05) is 0 Å². The van der Waals surface area contributed by atoms with Crippen molar-refractivity contribution in [2.45, 2.75) is 436 Å². The van der Waals surface area contributed by atoms with E-state index in [9.17, 15) is 25.2 Å². The molecule has 0 aliphatic heterocycles. The van der Waals surface area contributed by atoms with Crippen molar-refractivity contribution in [1.29, 1.82) is 0 Å². The molecule has 0 fully saturated rings. The third-order valence-electron chi connectivity index (χ3n) is 17.3. The first-order valence-corrected chi connectivity index (χ1v) is 35.4. The average molecular weight is 1080 g/mol. The van der Waals surface area contributed by atoms with Crippen LogP contribution in [0.1, 0.15) is 412 Å². The number of amides is 1. The lowest BCUT2D eigenvalue weighted by Crippen LogP contribution is -2.53. The zero-order valence-corrected chi connectivity index (χ0v) is 52.1. The maximum absolute atomic E-state index is 12.7. The molecule has 5 N–H and O–H groups in total. The summed E-state index contributed by atoms with van der Waals surface area (Å²) in [6.07, 6.45) is 79.5. The predicted molar refractivity (Wildman–Crippen MR) is 335 cm³/mol. The molecule has 0 bridgehead atoms. The molecule has 0 saturated heterocycles. The Hall–Kier alpha value is -0.690. The minimum atomic E-state index is -1.26. The third-order valence-corrected chi connectivity index (χ3v) is 17.3. The van der Waals surface area contributed by atoms with Crippen LogP contribution >= 0.6 is 0 Å². The lowest BCUT2D eigenvalue weighted by atomic mass is 9.99. The van der Waals surface area contributed by atoms with E-state index in [0.717, 1.165) is 38.5 Å². The highest BCUT2D eigenvalue weighted by Crippen LogP contribution is 2.20. The van der Waals surface area contributed by atoms with E-state index in [-0.39, 0.29) is 0 Å². The van der Waals surface area contributed by atoms with E-state index in [2.05, 4.69) is 19.2 Å². The number of nitrogens with one attached hydrogen (secondary N) is 1. The van der Waals surface area contributed by atoms with Gasteiger partial charge in [-0.05, 0) is 12.8 Å². The lowest BCUT2D eigenvalue weighted by molar-refractivity contribution is -0.132. The number of aliphatic hydroxyl groups is 4. The van der Waals surface area contributed by atoms with E-state index in [4.69, 9.17) is 0 Å². The molecular weight excluding hydrogens is 935 g/mol. The van der Waals surface area contributed by atoms with E-state index in [1.54, 1.807) is 0 Å². The van der Waals surface area contributed by atoms with Crippen molar-refractivity contribution in [3.8, 4) is 0 Å². The maximum atomic E-state index is 12.7. The Bertz CT molecular complexity index is 1070. The Labute approximate surface area is 477 Å². The summed E-state index contributed by atoms with van der Waals surface area (Å²) in [5.74, 6) is -0.573. The first-order valence-electron chi connectivity index (χ1n) is 35.4. The van der Waals surface area contributed by atoms with E-state index in [1.165, 1.54) is 347 Å². The van der Waals surface area contributed by atoms with Crippen molar-refractivity contribution >= 4 is 5.91 Å². The van der Waals surface area contributed by atoms with Crippen molar-refractivity contribution in [3.05, 3.63) is 0 Å². The normalized spacial score (nSPS) is 13.4. The molecule has 0 aliphatic rings. The number of unbranched alkanes of at least 4 members (excludes halogenated alkanes) is 58. The zero-order chi connectivity index (χ0) is 55.1. The molecule has 6 heteroatoms. The van der Waals surface area contributed by atoms with Crippen LogP contribution in [0.5, 0.6) is 0 Å². The monoisotopic (exact) mass is 1080 g/mol. The van der Waals surface area contributed by atoms with E-state index >= 15 is 0 Å². The second kappa shape index (κ2) is 65.1. The minimum Gasteiger partial charge on any atom is -0.394 e. The van der Waals surface area contributed by atoms with Crippen LogP contribution in [0.25, 0.3) is 0 Å². The molecule has 0 radical (unpaired) electrons. The van der Waals surface area contributed by atoms with Crippen LogP contribution in [0.2, 0.25) is 0 Å². The Morgan fingerprint density at radius 2 is 0.447 bits per heavy atom. The highest BCUT2D eigenvalue weighted by molar-refractivity contribution is 5.80. The maximum Gasteiger partial charge on any atom is 0.249 e. The topological polar surface area (TPSA) is 110 Å². The second-order valence-corrected chi connectivity index (χ2v) is 25.0. The van der Waals surface area contributed by atoms with Gasteiger partial charge < -0.3 is 25.7 Å². The van der Waals surface area contributed by atoms with Gasteiger partial charge >= 0.3 is 0 Å². The first-order chi connectivity index (χ1) is 37.5. The highest BCUT2D eigenvalue weighted by atomic mass is 16.3. The van der Waals surface area contributed by atoms with Gasteiger partial charge in [0.2, 0.25) is 5.91 Å². The molecule has 0 spiro atoms. The predicted octanol–water partition coefficient (Wildman–Crippen LogP) is 21.8. The number of hydrogen-bond acceptors (Lipinski definition) is 5. The van der Waals surface area contributed by atoms with Gasteiger partial charge in [0.1, 0.15) is 12.2 Å². The molecule has 0 aromatic heterocycles. The summed E-state index contributed by atoms with van der Waals surface area (Å²) in [5.41, 5.74) is 0. The summed E-state index contributed by atoms with van der Waals surface area (Å²) in [4.78, 5) is 12.7. The molecule has 456 valence electrons. The second-order valence-electron chi connectivity index (χ2n) is 25.0. The molecule has 0 aromatic carbocycles. The van der Waals surface area contributed by atoms with Crippen LogP contribution < -0.4 is 5.32 Å². The third kappa shape index (κ3) is 58.0. The van der Waals surface area contributed by atoms with Crippen LogP contribution in [0, 0.1) is 0 Å². The van der Waals surface area contributed by atoms with Gasteiger partial charge in [-0.15, -0.1) is 0 Å². The van der Waals surface area contributed by atoms with E-state index in [0.29, 0.717) is 12.8 Å². The van der Waals surface area contributed by atoms with Gasteiger partial charge in [-0.2, -0.15) is 0 Å². The Balaban J connectivity index is 3.48. The molecule has 1 amide bonds. The number of hydrogen-bond donors (Lipinski definition) is 5. The Kier molecular flexibility index (Phi) is 64.5. The van der Waals surface area contributed by atoms with Crippen LogP contribution in [0.4, 0.5) is 0 Å². The largest absolute Gasteiger partial charge is 0.394 e. The van der Waals surface area contributed by atoms with Crippen molar-refractivity contribution in [2.75, 3.05) is 6.61 Å². The van der Waals surface area contributed by atoms with Crippen molar-refractivity contribution in [3.63, 3.8) is 0 Å². The quantitative estimate of drug-likeness (QED) is 0.0390. The summed E-state index contributed by atoms with van der Waals surface area (Å²) in [5, 5.41) is 44.2. The van der Waals surface area contributed by atoms with Gasteiger partial charge in [0.15, 0.2) is 0 Å². The SMILES string of the molecule is CCCCCCCCCCCCCCCCCCCCCCCCCCCCCCCCCCCCCCC(O)C(=O)NC(CO)C(O)C(O)CCCCCCCCCCCCCCCCCCCCCCCCCC. The molecule has 6 nitrogen and oxygen atoms in total. The number of rotatable bonds is 67. The Morgan fingerprint density at radius 1 is 0.276 bits per heavy atom. The zero-order valence-electron chi connectivity index (χ0n) is 52.1. The van der Waals surface area contributed by atoms with Crippen LogP contribution in [0.15, 0.2) is 0 Å². The van der Waals surface area contributed by atoms with E-state index in [1.807, 2.05) is 0 Å². The number of carbonyl (C=O) groups is 1. The summed E-state index contributed by atoms with van der Waals surface area (Å²) in [6.45, 7) is 4.12. The van der Waals surface area contributed by atoms with Crippen molar-refractivity contribution < 1.29 is 25.2 Å². The number of carbonyl (C=O) groups excluding carboxylic acids is 1. The highest BCUT2D eigenvalue weighted by Gasteiger charge is 2.28. The molecule has 4 unspecified atom stereocenters. The van der Waals surface area contributed by atoms with Crippen LogP contribution in [-0.4, -0.2) is 57.3 Å². The van der Waals surface area contributed by atoms with Gasteiger partial charge in [-0.25, -0.2) is 0 Å². The van der Waals surface area contributed by atoms with Crippen LogP contribution in [-0.2, 0) is 4.79 Å². The Morgan fingerprint density at radius 3 is 0.632 bits per heavy atom. The van der Waals surface area contributed by atoms with Crippen molar-refractivity contribution in [1.82, 2.24) is 5.32 Å². The average Bonchev–Trinajstić information content (AvgIpc) is 3.42. The standard InChI is InChI=1S/C70H141NO5/c1-3-5-7-9-11-13-15-17-19-21-23-25-27-29-30-31-32-33-34-35-36-37-38-39-40-42-44-46-48-50-52-54-56-58-60-62-64-68(74)70(76)71-66(65-72)69(75)67(73)63-61-59-57-55-53-51-49-47-45-43-41-28-26-24-22-20-18-16-14-12-10-8-6-4-2/h66-69,72-75H,3-65H2,1-2H3,(H,71,76). The molecule has 0 rings (SSSR count). The summed E-state index contributed by atoms with van der Waals surface area (Å²) in [7, 11) is 0. The lowest BCUT2D eigenvalue weighted by Gasteiger charge is -2.27. The first kappa shape index (κ1) is 75.3. The minimum absolute atomic E-state index is 0.377. The molecule has 0 aromatic rings. The fourth-order valence-electron chi connectivity index (χ4n) is 11.8. The summed E-state index contributed by atoms with van der Waals surface area (Å²) >= 11 is 0. The molecule has 0 saturated carbocycles. The van der Waals surface area contributed by atoms with Gasteiger partial charge in [0.25, 0.3) is 0 Å². The summed E-state index contributed by atoms with van der Waals surface area (Å²) < 4.78 is 0. The van der Waals surface area contributed by atoms with Gasteiger partial charge in [-0.1, -0.05) is 399 Å². The smallest absolute Gasteiger partial charge is 0.249 e. The van der Waals surface area contributed by atoms with E-state index < -0.39 is 36.9 Å². The van der Waals surface area contributed by atoms with Crippen LogP contribution in [0.3, 0.4) is 0 Å². The van der Waals surface area contributed by atoms with Crippen molar-refractivity contribution in [2.24, 2.45) is 0 Å². The molecule has 0 heterocycles. The molecule has 0 aliphatic carbocycles. The fraction of sp³-hybridized carbons (Fsp3) is 0.986. The molecule has 76 heavy (non-hydrogen) atoms. The number of aliphatic hydroxyl groups excluding tert-OH is 4. The fourth-order valence-corrected chi connectivity index (χ4v) is 11.8. The molecule has 4 atom stereocenters. The molecular formula is C70H141NO5.